The fourth-order valence-electron chi connectivity index (χ4n) is 2.63. The number of urea groups is 1. The molecular formula is C16H23ClN2O. The third-order valence-electron chi connectivity index (χ3n) is 3.80. The number of amides is 2. The van der Waals surface area contributed by atoms with E-state index in [1.807, 2.05) is 24.3 Å². The SMILES string of the molecule is O=C(NCCc1ccc(Cl)cc1)NC1CCCCCC1. The first-order valence-electron chi connectivity index (χ1n) is 7.53. The molecule has 0 unspecified atom stereocenters. The molecule has 0 radical (unpaired) electrons. The van der Waals surface area contributed by atoms with Crippen molar-refractivity contribution in [1.82, 2.24) is 10.6 Å². The van der Waals surface area contributed by atoms with Crippen molar-refractivity contribution in [2.24, 2.45) is 0 Å². The number of benzene rings is 1. The highest BCUT2D eigenvalue weighted by Crippen LogP contribution is 2.17. The highest BCUT2D eigenvalue weighted by Gasteiger charge is 2.13. The van der Waals surface area contributed by atoms with E-state index in [0.717, 1.165) is 24.3 Å². The van der Waals surface area contributed by atoms with Gasteiger partial charge in [0.2, 0.25) is 0 Å². The molecule has 1 aliphatic rings. The van der Waals surface area contributed by atoms with E-state index in [0.29, 0.717) is 12.6 Å². The Morgan fingerprint density at radius 1 is 1.10 bits per heavy atom. The zero-order valence-corrected chi connectivity index (χ0v) is 12.6. The summed E-state index contributed by atoms with van der Waals surface area (Å²) in [6, 6.07) is 8.06. The molecule has 3 nitrogen and oxygen atoms in total. The van der Waals surface area contributed by atoms with Crippen LogP contribution in [0.4, 0.5) is 4.79 Å². The molecule has 1 aromatic rings. The average Bonchev–Trinajstić information content (AvgIpc) is 2.70. The number of halogens is 1. The molecule has 0 aromatic heterocycles. The molecular weight excluding hydrogens is 272 g/mol. The number of rotatable bonds is 4. The van der Waals surface area contributed by atoms with Gasteiger partial charge in [-0.25, -0.2) is 4.79 Å². The lowest BCUT2D eigenvalue weighted by Gasteiger charge is -2.16. The van der Waals surface area contributed by atoms with Gasteiger partial charge in [0, 0.05) is 17.6 Å². The lowest BCUT2D eigenvalue weighted by atomic mass is 10.1. The predicted molar refractivity (Wildman–Crippen MR) is 83.2 cm³/mol. The third kappa shape index (κ3) is 5.41. The van der Waals surface area contributed by atoms with Crippen molar-refractivity contribution in [3.63, 3.8) is 0 Å². The number of hydrogen-bond acceptors (Lipinski definition) is 1. The number of carbonyl (C=O) groups excluding carboxylic acids is 1. The summed E-state index contributed by atoms with van der Waals surface area (Å²) in [6.45, 7) is 0.653. The smallest absolute Gasteiger partial charge is 0.315 e. The highest BCUT2D eigenvalue weighted by atomic mass is 35.5. The van der Waals surface area contributed by atoms with Crippen LogP contribution in [0.1, 0.15) is 44.1 Å². The van der Waals surface area contributed by atoms with Crippen LogP contribution in [0.2, 0.25) is 5.02 Å². The minimum absolute atomic E-state index is 0.0362. The van der Waals surface area contributed by atoms with E-state index in [-0.39, 0.29) is 6.03 Å². The summed E-state index contributed by atoms with van der Waals surface area (Å²) in [5.74, 6) is 0. The van der Waals surface area contributed by atoms with Gasteiger partial charge in [-0.05, 0) is 37.0 Å². The lowest BCUT2D eigenvalue weighted by molar-refractivity contribution is 0.235. The van der Waals surface area contributed by atoms with Crippen molar-refractivity contribution in [1.29, 1.82) is 0 Å². The van der Waals surface area contributed by atoms with Gasteiger partial charge in [0.15, 0.2) is 0 Å². The quantitative estimate of drug-likeness (QED) is 0.812. The van der Waals surface area contributed by atoms with E-state index in [9.17, 15) is 4.79 Å². The van der Waals surface area contributed by atoms with Gasteiger partial charge in [-0.3, -0.25) is 0 Å². The maximum atomic E-state index is 11.8. The summed E-state index contributed by atoms with van der Waals surface area (Å²) >= 11 is 5.84. The summed E-state index contributed by atoms with van der Waals surface area (Å²) in [6.07, 6.45) is 8.13. The minimum Gasteiger partial charge on any atom is -0.338 e. The molecule has 1 saturated carbocycles. The third-order valence-corrected chi connectivity index (χ3v) is 4.05. The second-order valence-electron chi connectivity index (χ2n) is 5.47. The van der Waals surface area contributed by atoms with Gasteiger partial charge in [-0.2, -0.15) is 0 Å². The van der Waals surface area contributed by atoms with Gasteiger partial charge in [0.25, 0.3) is 0 Å². The molecule has 1 aromatic carbocycles. The van der Waals surface area contributed by atoms with Crippen molar-refractivity contribution in [3.8, 4) is 0 Å². The van der Waals surface area contributed by atoms with Gasteiger partial charge < -0.3 is 10.6 Å². The van der Waals surface area contributed by atoms with Crippen molar-refractivity contribution in [3.05, 3.63) is 34.9 Å². The maximum Gasteiger partial charge on any atom is 0.315 e. The van der Waals surface area contributed by atoms with Crippen LogP contribution in [0.5, 0.6) is 0 Å². The van der Waals surface area contributed by atoms with E-state index < -0.39 is 0 Å². The molecule has 1 aliphatic carbocycles. The Morgan fingerprint density at radius 3 is 2.40 bits per heavy atom. The van der Waals surface area contributed by atoms with E-state index in [1.165, 1.54) is 31.2 Å². The Balaban J connectivity index is 1.65. The van der Waals surface area contributed by atoms with E-state index >= 15 is 0 Å². The largest absolute Gasteiger partial charge is 0.338 e. The van der Waals surface area contributed by atoms with Crippen LogP contribution in [0.3, 0.4) is 0 Å². The molecule has 0 aliphatic heterocycles. The fraction of sp³-hybridized carbons (Fsp3) is 0.562. The Hall–Kier alpha value is -1.22. The maximum absolute atomic E-state index is 11.8. The summed E-state index contributed by atoms with van der Waals surface area (Å²) in [7, 11) is 0. The van der Waals surface area contributed by atoms with Gasteiger partial charge in [-0.1, -0.05) is 49.4 Å². The topological polar surface area (TPSA) is 41.1 Å². The molecule has 20 heavy (non-hydrogen) atoms. The number of hydrogen-bond donors (Lipinski definition) is 2. The molecule has 1 fully saturated rings. The molecule has 0 bridgehead atoms. The van der Waals surface area contributed by atoms with Gasteiger partial charge in [0.1, 0.15) is 0 Å². The van der Waals surface area contributed by atoms with Crippen LogP contribution in [0.15, 0.2) is 24.3 Å². The predicted octanol–water partition coefficient (Wildman–Crippen LogP) is 3.90. The lowest BCUT2D eigenvalue weighted by Crippen LogP contribution is -2.42. The average molecular weight is 295 g/mol. The second-order valence-corrected chi connectivity index (χ2v) is 5.90. The first kappa shape index (κ1) is 15.2. The van der Waals surface area contributed by atoms with Crippen molar-refractivity contribution in [2.45, 2.75) is 51.0 Å². The Labute approximate surface area is 126 Å². The van der Waals surface area contributed by atoms with Crippen LogP contribution in [0.25, 0.3) is 0 Å². The summed E-state index contributed by atoms with van der Waals surface area (Å²) in [4.78, 5) is 11.8. The molecule has 0 heterocycles. The van der Waals surface area contributed by atoms with Gasteiger partial charge in [-0.15, -0.1) is 0 Å². The Bertz CT molecular complexity index is 411. The molecule has 0 spiro atoms. The van der Waals surface area contributed by atoms with E-state index in [1.54, 1.807) is 0 Å². The standard InChI is InChI=1S/C16H23ClN2O/c17-14-9-7-13(8-10-14)11-12-18-16(20)19-15-5-3-1-2-4-6-15/h7-10,15H,1-6,11-12H2,(H2,18,19,20). The van der Waals surface area contributed by atoms with Gasteiger partial charge >= 0.3 is 6.03 Å². The molecule has 0 atom stereocenters. The van der Waals surface area contributed by atoms with Gasteiger partial charge in [0.05, 0.1) is 0 Å². The van der Waals surface area contributed by atoms with Crippen molar-refractivity contribution < 1.29 is 4.79 Å². The Morgan fingerprint density at radius 2 is 1.75 bits per heavy atom. The number of carbonyl (C=O) groups is 1. The zero-order valence-electron chi connectivity index (χ0n) is 11.8. The monoisotopic (exact) mass is 294 g/mol. The van der Waals surface area contributed by atoms with E-state index in [4.69, 9.17) is 11.6 Å². The molecule has 2 rings (SSSR count). The minimum atomic E-state index is -0.0362. The normalized spacial score (nSPS) is 16.4. The summed E-state index contributed by atoms with van der Waals surface area (Å²) in [5, 5.41) is 6.76. The number of nitrogens with one attached hydrogen (secondary N) is 2. The molecule has 2 N–H and O–H groups in total. The van der Waals surface area contributed by atoms with Crippen LogP contribution >= 0.6 is 11.6 Å². The molecule has 0 saturated heterocycles. The Kier molecular flexibility index (Phi) is 6.19. The van der Waals surface area contributed by atoms with Crippen molar-refractivity contribution in [2.75, 3.05) is 6.54 Å². The van der Waals surface area contributed by atoms with Crippen molar-refractivity contribution >= 4 is 17.6 Å². The first-order valence-corrected chi connectivity index (χ1v) is 7.90. The zero-order chi connectivity index (χ0) is 14.2. The first-order chi connectivity index (χ1) is 9.74. The summed E-state index contributed by atoms with van der Waals surface area (Å²) < 4.78 is 0. The summed E-state index contributed by atoms with van der Waals surface area (Å²) in [5.41, 5.74) is 1.18. The van der Waals surface area contributed by atoms with E-state index in [2.05, 4.69) is 10.6 Å². The van der Waals surface area contributed by atoms with Crippen LogP contribution in [-0.2, 0) is 6.42 Å². The van der Waals surface area contributed by atoms with Crippen LogP contribution in [0, 0.1) is 0 Å². The molecule has 4 heteroatoms. The fourth-order valence-corrected chi connectivity index (χ4v) is 2.76. The van der Waals surface area contributed by atoms with Crippen LogP contribution < -0.4 is 10.6 Å². The molecule has 110 valence electrons. The highest BCUT2D eigenvalue weighted by molar-refractivity contribution is 6.30. The second kappa shape index (κ2) is 8.15. The molecule has 2 amide bonds. The van der Waals surface area contributed by atoms with Crippen LogP contribution in [-0.4, -0.2) is 18.6 Å².